The van der Waals surface area contributed by atoms with E-state index in [1.54, 1.807) is 31.0 Å². The lowest BCUT2D eigenvalue weighted by Crippen LogP contribution is -2.00. The number of halogens is 1. The van der Waals surface area contributed by atoms with E-state index in [0.29, 0.717) is 10.8 Å². The zero-order chi connectivity index (χ0) is 14.5. The monoisotopic (exact) mass is 308 g/mol. The van der Waals surface area contributed by atoms with Crippen molar-refractivity contribution in [3.8, 4) is 5.75 Å². The van der Waals surface area contributed by atoms with E-state index in [-0.39, 0.29) is 6.42 Å². The molecule has 0 aliphatic rings. The average molecular weight is 309 g/mol. The Bertz CT molecular complexity index is 611. The lowest BCUT2D eigenvalue weighted by Gasteiger charge is -2.10. The van der Waals surface area contributed by atoms with Gasteiger partial charge in [0, 0.05) is 9.92 Å². The highest BCUT2D eigenvalue weighted by Crippen LogP contribution is 2.35. The predicted octanol–water partition coefficient (Wildman–Crippen LogP) is 4.13. The molecule has 0 saturated heterocycles. The zero-order valence-electron chi connectivity index (χ0n) is 10.8. The molecule has 0 unspecified atom stereocenters. The number of carbonyl (C=O) groups is 1. The van der Waals surface area contributed by atoms with E-state index in [2.05, 4.69) is 0 Å². The maximum absolute atomic E-state index is 10.7. The number of aliphatic carboxylic acids is 1. The predicted molar refractivity (Wildman–Crippen MR) is 79.9 cm³/mol. The second-order valence-corrected chi connectivity index (χ2v) is 5.66. The van der Waals surface area contributed by atoms with Crippen molar-refractivity contribution in [1.29, 1.82) is 0 Å². The molecule has 0 bridgehead atoms. The molecule has 0 heterocycles. The third-order valence-corrected chi connectivity index (χ3v) is 3.94. The van der Waals surface area contributed by atoms with Crippen LogP contribution in [0.1, 0.15) is 5.56 Å². The quantitative estimate of drug-likeness (QED) is 0.902. The topological polar surface area (TPSA) is 46.5 Å². The molecule has 0 aliphatic heterocycles. The van der Waals surface area contributed by atoms with E-state index >= 15 is 0 Å². The van der Waals surface area contributed by atoms with Crippen molar-refractivity contribution in [2.45, 2.75) is 16.2 Å². The van der Waals surface area contributed by atoms with Crippen LogP contribution >= 0.6 is 23.4 Å². The van der Waals surface area contributed by atoms with Gasteiger partial charge in [-0.05, 0) is 42.0 Å². The molecule has 1 N–H and O–H groups in total. The van der Waals surface area contributed by atoms with Crippen LogP contribution in [0.3, 0.4) is 0 Å². The van der Waals surface area contributed by atoms with E-state index in [0.717, 1.165) is 15.4 Å². The Morgan fingerprint density at radius 1 is 1.25 bits per heavy atom. The van der Waals surface area contributed by atoms with Crippen molar-refractivity contribution in [2.75, 3.05) is 7.11 Å². The number of hydrogen-bond acceptors (Lipinski definition) is 3. The number of hydrogen-bond donors (Lipinski definition) is 1. The van der Waals surface area contributed by atoms with Crippen LogP contribution in [0.15, 0.2) is 52.3 Å². The summed E-state index contributed by atoms with van der Waals surface area (Å²) in [4.78, 5) is 12.7. The van der Waals surface area contributed by atoms with E-state index in [4.69, 9.17) is 21.4 Å². The van der Waals surface area contributed by atoms with Crippen LogP contribution in [0.4, 0.5) is 0 Å². The molecule has 0 spiro atoms. The first-order valence-electron chi connectivity index (χ1n) is 5.90. The van der Waals surface area contributed by atoms with Gasteiger partial charge in [0.2, 0.25) is 0 Å². The van der Waals surface area contributed by atoms with Gasteiger partial charge < -0.3 is 9.84 Å². The van der Waals surface area contributed by atoms with Crippen molar-refractivity contribution in [1.82, 2.24) is 0 Å². The molecule has 0 saturated carbocycles. The third kappa shape index (κ3) is 3.92. The van der Waals surface area contributed by atoms with Crippen molar-refractivity contribution < 1.29 is 14.6 Å². The highest BCUT2D eigenvalue weighted by atomic mass is 35.5. The summed E-state index contributed by atoms with van der Waals surface area (Å²) in [6.07, 6.45) is -0.0117. The molecule has 0 radical (unpaired) electrons. The summed E-state index contributed by atoms with van der Waals surface area (Å²) < 4.78 is 5.32. The Kier molecular flexibility index (Phi) is 4.93. The van der Waals surface area contributed by atoms with E-state index in [1.807, 2.05) is 30.3 Å². The highest BCUT2D eigenvalue weighted by Gasteiger charge is 2.08. The van der Waals surface area contributed by atoms with Gasteiger partial charge in [0.15, 0.2) is 0 Å². The molecule has 104 valence electrons. The maximum atomic E-state index is 10.7. The molecule has 0 fully saturated rings. The fourth-order valence-corrected chi connectivity index (χ4v) is 2.74. The van der Waals surface area contributed by atoms with Crippen LogP contribution in [0.25, 0.3) is 0 Å². The standard InChI is InChI=1S/C15H13ClO3S/c1-19-13-8-10(9-15(17)18)2-7-14(13)20-12-5-3-11(16)4-6-12/h2-8H,9H2,1H3,(H,17,18). The summed E-state index contributed by atoms with van der Waals surface area (Å²) in [7, 11) is 1.58. The van der Waals surface area contributed by atoms with Crippen LogP contribution in [-0.2, 0) is 11.2 Å². The number of carboxylic acid groups (broad SMARTS) is 1. The summed E-state index contributed by atoms with van der Waals surface area (Å²) in [5.41, 5.74) is 0.717. The Balaban J connectivity index is 2.23. The molecule has 0 atom stereocenters. The Hall–Kier alpha value is -1.65. The lowest BCUT2D eigenvalue weighted by molar-refractivity contribution is -0.136. The Morgan fingerprint density at radius 3 is 2.55 bits per heavy atom. The first-order valence-corrected chi connectivity index (χ1v) is 7.10. The molecule has 5 heteroatoms. The minimum Gasteiger partial charge on any atom is -0.496 e. The van der Waals surface area contributed by atoms with Gasteiger partial charge in [-0.1, -0.05) is 29.4 Å². The molecule has 3 nitrogen and oxygen atoms in total. The average Bonchev–Trinajstić information content (AvgIpc) is 2.42. The van der Waals surface area contributed by atoms with Crippen molar-refractivity contribution in [3.05, 3.63) is 53.1 Å². The number of benzene rings is 2. The first kappa shape index (κ1) is 14.8. The fraction of sp³-hybridized carbons (Fsp3) is 0.133. The van der Waals surface area contributed by atoms with Gasteiger partial charge in [-0.3, -0.25) is 4.79 Å². The number of rotatable bonds is 5. The second kappa shape index (κ2) is 6.68. The second-order valence-electron chi connectivity index (χ2n) is 4.11. The molecule has 2 aromatic carbocycles. The third-order valence-electron chi connectivity index (χ3n) is 2.62. The number of methoxy groups -OCH3 is 1. The van der Waals surface area contributed by atoms with Crippen molar-refractivity contribution in [2.24, 2.45) is 0 Å². The van der Waals surface area contributed by atoms with Crippen LogP contribution in [0.5, 0.6) is 5.75 Å². The summed E-state index contributed by atoms with van der Waals surface area (Å²) in [6.45, 7) is 0. The van der Waals surface area contributed by atoms with Crippen molar-refractivity contribution in [3.63, 3.8) is 0 Å². The van der Waals surface area contributed by atoms with Gasteiger partial charge in [0.1, 0.15) is 5.75 Å². The van der Waals surface area contributed by atoms with Crippen molar-refractivity contribution >= 4 is 29.3 Å². The summed E-state index contributed by atoms with van der Waals surface area (Å²) in [6, 6.07) is 12.9. The minimum atomic E-state index is -0.856. The van der Waals surface area contributed by atoms with Crippen LogP contribution in [0.2, 0.25) is 5.02 Å². The Morgan fingerprint density at radius 2 is 1.95 bits per heavy atom. The first-order chi connectivity index (χ1) is 9.58. The van der Waals surface area contributed by atoms with Gasteiger partial charge in [0.05, 0.1) is 18.4 Å². The van der Waals surface area contributed by atoms with Gasteiger partial charge in [-0.2, -0.15) is 0 Å². The zero-order valence-corrected chi connectivity index (χ0v) is 12.4. The summed E-state index contributed by atoms with van der Waals surface area (Å²) >= 11 is 7.40. The minimum absolute atomic E-state index is 0.0117. The SMILES string of the molecule is COc1cc(CC(=O)O)ccc1Sc1ccc(Cl)cc1. The van der Waals surface area contributed by atoms with Crippen LogP contribution in [-0.4, -0.2) is 18.2 Å². The number of ether oxygens (including phenoxy) is 1. The summed E-state index contributed by atoms with van der Waals surface area (Å²) in [5.74, 6) is -0.186. The molecule has 0 amide bonds. The van der Waals surface area contributed by atoms with E-state index in [9.17, 15) is 4.79 Å². The molecular formula is C15H13ClO3S. The van der Waals surface area contributed by atoms with E-state index in [1.165, 1.54) is 0 Å². The Labute approximate surface area is 126 Å². The molecule has 2 rings (SSSR count). The van der Waals surface area contributed by atoms with Gasteiger partial charge >= 0.3 is 5.97 Å². The molecule has 0 aliphatic carbocycles. The highest BCUT2D eigenvalue weighted by molar-refractivity contribution is 7.99. The maximum Gasteiger partial charge on any atom is 0.307 e. The lowest BCUT2D eigenvalue weighted by atomic mass is 10.1. The largest absolute Gasteiger partial charge is 0.496 e. The summed E-state index contributed by atoms with van der Waals surface area (Å²) in [5, 5.41) is 9.50. The molecule has 0 aromatic heterocycles. The normalized spacial score (nSPS) is 10.3. The smallest absolute Gasteiger partial charge is 0.307 e. The number of carboxylic acids is 1. The van der Waals surface area contributed by atoms with E-state index < -0.39 is 5.97 Å². The van der Waals surface area contributed by atoms with Crippen LogP contribution in [0, 0.1) is 0 Å². The molecular weight excluding hydrogens is 296 g/mol. The van der Waals surface area contributed by atoms with Crippen LogP contribution < -0.4 is 4.74 Å². The van der Waals surface area contributed by atoms with Gasteiger partial charge in [0.25, 0.3) is 0 Å². The van der Waals surface area contributed by atoms with Gasteiger partial charge in [-0.25, -0.2) is 0 Å². The van der Waals surface area contributed by atoms with Gasteiger partial charge in [-0.15, -0.1) is 0 Å². The molecule has 2 aromatic rings. The molecule has 20 heavy (non-hydrogen) atoms. The fourth-order valence-electron chi connectivity index (χ4n) is 1.71.